The van der Waals surface area contributed by atoms with Gasteiger partial charge in [0.2, 0.25) is 0 Å². The molecule has 0 aromatic carbocycles. The summed E-state index contributed by atoms with van der Waals surface area (Å²) in [5.74, 6) is 1.63. The normalized spacial score (nSPS) is 11.5. The molecule has 2 aromatic heterocycles. The molecule has 0 bridgehead atoms. The number of hydrogen-bond donors (Lipinski definition) is 1. The average Bonchev–Trinajstić information content (AvgIpc) is 3.00. The van der Waals surface area contributed by atoms with Gasteiger partial charge in [0.15, 0.2) is 0 Å². The number of anilines is 1. The number of pyridine rings is 1. The molecular weight excluding hydrogens is 298 g/mol. The maximum absolute atomic E-state index is 4.62. The van der Waals surface area contributed by atoms with Gasteiger partial charge in [0.25, 0.3) is 0 Å². The topological polar surface area (TPSA) is 48.1 Å². The predicted octanol–water partition coefficient (Wildman–Crippen LogP) is 3.80. The van der Waals surface area contributed by atoms with E-state index in [1.807, 2.05) is 12.4 Å². The second-order valence-corrected chi connectivity index (χ2v) is 7.04. The molecule has 0 aliphatic heterocycles. The number of nitrogens with one attached hydrogen (secondary N) is 1. The van der Waals surface area contributed by atoms with E-state index < -0.39 is 0 Å². The fraction of sp³-hybridized carbons (Fsp3) is 0.579. The number of rotatable bonds is 9. The second-order valence-electron chi connectivity index (χ2n) is 7.04. The van der Waals surface area contributed by atoms with Crippen LogP contribution in [0.1, 0.15) is 39.2 Å². The van der Waals surface area contributed by atoms with Crippen molar-refractivity contribution < 1.29 is 0 Å². The predicted molar refractivity (Wildman–Crippen MR) is 101 cm³/mol. The van der Waals surface area contributed by atoms with E-state index in [2.05, 4.69) is 72.0 Å². The highest BCUT2D eigenvalue weighted by molar-refractivity contribution is 5.63. The molecule has 0 radical (unpaired) electrons. The molecule has 0 unspecified atom stereocenters. The van der Waals surface area contributed by atoms with E-state index in [0.29, 0.717) is 5.92 Å². The maximum Gasteiger partial charge on any atom is 0.128 e. The van der Waals surface area contributed by atoms with Crippen LogP contribution < -0.4 is 4.90 Å². The third kappa shape index (κ3) is 5.06. The molecule has 24 heavy (non-hydrogen) atoms. The number of H-pyrrole nitrogens is 1. The molecule has 2 aromatic rings. The lowest BCUT2D eigenvalue weighted by atomic mass is 10.1. The summed E-state index contributed by atoms with van der Waals surface area (Å²) in [4.78, 5) is 9.16. The summed E-state index contributed by atoms with van der Waals surface area (Å²) < 4.78 is 0. The minimum Gasteiger partial charge on any atom is -0.359 e. The van der Waals surface area contributed by atoms with E-state index in [4.69, 9.17) is 0 Å². The number of nitrogens with zero attached hydrogens (tertiary/aromatic N) is 4. The molecule has 5 nitrogen and oxygen atoms in total. The molecule has 0 saturated carbocycles. The Bertz CT molecular complexity index is 602. The molecule has 0 spiro atoms. The standard InChI is InChI=1S/C19H31N5/c1-6-7-10-23(4)14-17-12-21-22-19(17)16-8-9-18(20-11-16)24(5)13-15(2)3/h8-9,11-12,15H,6-7,10,13-14H2,1-5H3,(H,21,22). The van der Waals surface area contributed by atoms with Crippen molar-refractivity contribution in [1.29, 1.82) is 0 Å². The first-order valence-electron chi connectivity index (χ1n) is 8.89. The molecule has 5 heteroatoms. The van der Waals surface area contributed by atoms with Crippen LogP contribution in [-0.4, -0.2) is 47.3 Å². The van der Waals surface area contributed by atoms with Gasteiger partial charge in [-0.2, -0.15) is 5.10 Å². The number of hydrogen-bond acceptors (Lipinski definition) is 4. The zero-order valence-corrected chi connectivity index (χ0v) is 15.7. The van der Waals surface area contributed by atoms with Gasteiger partial charge >= 0.3 is 0 Å². The van der Waals surface area contributed by atoms with Crippen molar-refractivity contribution in [1.82, 2.24) is 20.1 Å². The molecule has 2 heterocycles. The van der Waals surface area contributed by atoms with Crippen molar-refractivity contribution in [2.75, 3.05) is 32.1 Å². The smallest absolute Gasteiger partial charge is 0.128 e. The molecule has 2 rings (SSSR count). The van der Waals surface area contributed by atoms with Crippen LogP contribution in [-0.2, 0) is 6.54 Å². The van der Waals surface area contributed by atoms with Crippen LogP contribution in [0, 0.1) is 5.92 Å². The summed E-state index contributed by atoms with van der Waals surface area (Å²) in [6.45, 7) is 9.68. The molecule has 1 N–H and O–H groups in total. The van der Waals surface area contributed by atoms with Crippen molar-refractivity contribution >= 4 is 5.82 Å². The quantitative estimate of drug-likeness (QED) is 0.760. The molecule has 132 valence electrons. The Labute approximate surface area is 146 Å². The van der Waals surface area contributed by atoms with Crippen molar-refractivity contribution in [3.8, 4) is 11.3 Å². The largest absolute Gasteiger partial charge is 0.359 e. The Kier molecular flexibility index (Phi) is 6.79. The summed E-state index contributed by atoms with van der Waals surface area (Å²) in [7, 11) is 4.25. The highest BCUT2D eigenvalue weighted by Gasteiger charge is 2.11. The van der Waals surface area contributed by atoms with Crippen molar-refractivity contribution in [2.24, 2.45) is 5.92 Å². The Morgan fingerprint density at radius 2 is 1.96 bits per heavy atom. The zero-order valence-electron chi connectivity index (χ0n) is 15.7. The number of aromatic nitrogens is 3. The fourth-order valence-corrected chi connectivity index (χ4v) is 2.88. The molecular formula is C19H31N5. The lowest BCUT2D eigenvalue weighted by molar-refractivity contribution is 0.321. The lowest BCUT2D eigenvalue weighted by Gasteiger charge is -2.20. The van der Waals surface area contributed by atoms with E-state index >= 15 is 0 Å². The summed E-state index contributed by atoms with van der Waals surface area (Å²) in [6.07, 6.45) is 6.31. The summed E-state index contributed by atoms with van der Waals surface area (Å²) >= 11 is 0. The highest BCUT2D eigenvalue weighted by Crippen LogP contribution is 2.23. The third-order valence-electron chi connectivity index (χ3n) is 4.12. The monoisotopic (exact) mass is 329 g/mol. The summed E-state index contributed by atoms with van der Waals surface area (Å²) in [6, 6.07) is 4.21. The van der Waals surface area contributed by atoms with E-state index in [1.54, 1.807) is 0 Å². The van der Waals surface area contributed by atoms with Crippen molar-refractivity contribution in [2.45, 2.75) is 40.2 Å². The van der Waals surface area contributed by atoms with Gasteiger partial charge in [0, 0.05) is 37.5 Å². The second kappa shape index (κ2) is 8.83. The third-order valence-corrected chi connectivity index (χ3v) is 4.12. The minimum atomic E-state index is 0.620. The van der Waals surface area contributed by atoms with Crippen molar-refractivity contribution in [3.05, 3.63) is 30.1 Å². The lowest BCUT2D eigenvalue weighted by Crippen LogP contribution is -2.23. The first-order chi connectivity index (χ1) is 11.5. The van der Waals surface area contributed by atoms with Gasteiger partial charge in [-0.25, -0.2) is 4.98 Å². The Morgan fingerprint density at radius 3 is 2.58 bits per heavy atom. The van der Waals surface area contributed by atoms with Gasteiger partial charge < -0.3 is 9.80 Å². The molecule has 0 amide bonds. The number of unbranched alkanes of at least 4 members (excludes halogenated alkanes) is 1. The van der Waals surface area contributed by atoms with Crippen LogP contribution in [0.4, 0.5) is 5.82 Å². The van der Waals surface area contributed by atoms with E-state index in [-0.39, 0.29) is 0 Å². The summed E-state index contributed by atoms with van der Waals surface area (Å²) in [5, 5.41) is 7.37. The average molecular weight is 329 g/mol. The van der Waals surface area contributed by atoms with Gasteiger partial charge in [-0.15, -0.1) is 0 Å². The fourth-order valence-electron chi connectivity index (χ4n) is 2.88. The van der Waals surface area contributed by atoms with Crippen LogP contribution in [0.25, 0.3) is 11.3 Å². The zero-order chi connectivity index (χ0) is 17.5. The van der Waals surface area contributed by atoms with Gasteiger partial charge in [-0.3, -0.25) is 5.10 Å². The van der Waals surface area contributed by atoms with E-state index in [1.165, 1.54) is 18.4 Å². The SMILES string of the molecule is CCCCN(C)Cc1cn[nH]c1-c1ccc(N(C)CC(C)C)nc1. The molecule has 0 aliphatic carbocycles. The van der Waals surface area contributed by atoms with Gasteiger partial charge in [0.1, 0.15) is 5.82 Å². The Morgan fingerprint density at radius 1 is 1.17 bits per heavy atom. The minimum absolute atomic E-state index is 0.620. The Hall–Kier alpha value is -1.88. The van der Waals surface area contributed by atoms with E-state index in [0.717, 1.165) is 36.7 Å². The summed E-state index contributed by atoms with van der Waals surface area (Å²) in [5.41, 5.74) is 3.38. The van der Waals surface area contributed by atoms with Crippen molar-refractivity contribution in [3.63, 3.8) is 0 Å². The first-order valence-corrected chi connectivity index (χ1v) is 8.89. The number of aromatic amines is 1. The van der Waals surface area contributed by atoms with Crippen LogP contribution >= 0.6 is 0 Å². The first kappa shape index (κ1) is 18.5. The van der Waals surface area contributed by atoms with Gasteiger partial charge in [-0.05, 0) is 38.1 Å². The molecule has 0 fully saturated rings. The van der Waals surface area contributed by atoms with Crippen LogP contribution in [0.2, 0.25) is 0 Å². The Balaban J connectivity index is 2.08. The van der Waals surface area contributed by atoms with Gasteiger partial charge in [0.05, 0.1) is 11.9 Å². The maximum atomic E-state index is 4.62. The van der Waals surface area contributed by atoms with Crippen LogP contribution in [0.5, 0.6) is 0 Å². The molecule has 0 aliphatic rings. The molecule has 0 saturated heterocycles. The van der Waals surface area contributed by atoms with Crippen LogP contribution in [0.15, 0.2) is 24.5 Å². The highest BCUT2D eigenvalue weighted by atomic mass is 15.2. The van der Waals surface area contributed by atoms with Gasteiger partial charge in [-0.1, -0.05) is 27.2 Å². The van der Waals surface area contributed by atoms with Crippen LogP contribution in [0.3, 0.4) is 0 Å². The van der Waals surface area contributed by atoms with E-state index in [9.17, 15) is 0 Å². The molecule has 0 atom stereocenters.